The molecule has 0 unspecified atom stereocenters. The van der Waals surface area contributed by atoms with Gasteiger partial charge in [-0.15, -0.1) is 0 Å². The van der Waals surface area contributed by atoms with Gasteiger partial charge in [-0.25, -0.2) is 4.39 Å². The highest BCUT2D eigenvalue weighted by atomic mass is 35.5. The molecular formula is C13H10Cl2FN. The summed E-state index contributed by atoms with van der Waals surface area (Å²) in [6, 6.07) is 11.8. The number of hydrogen-bond acceptors (Lipinski definition) is 1. The highest BCUT2D eigenvalue weighted by Gasteiger charge is 2.03. The molecule has 2 aromatic rings. The van der Waals surface area contributed by atoms with Gasteiger partial charge < -0.3 is 5.32 Å². The number of benzene rings is 2. The molecule has 0 aliphatic heterocycles. The lowest BCUT2D eigenvalue weighted by Crippen LogP contribution is -2.01. The SMILES string of the molecule is Fc1ccccc1NCc1ccc(Cl)cc1Cl. The largest absolute Gasteiger partial charge is 0.379 e. The third-order valence-electron chi connectivity index (χ3n) is 2.36. The summed E-state index contributed by atoms with van der Waals surface area (Å²) in [6.07, 6.45) is 0. The first-order valence-corrected chi connectivity index (χ1v) is 5.85. The second-order valence-corrected chi connectivity index (χ2v) is 4.41. The monoisotopic (exact) mass is 269 g/mol. The van der Waals surface area contributed by atoms with Gasteiger partial charge in [-0.2, -0.15) is 0 Å². The minimum atomic E-state index is -0.280. The molecule has 4 heteroatoms. The number of para-hydroxylation sites is 1. The zero-order valence-electron chi connectivity index (χ0n) is 8.88. The van der Waals surface area contributed by atoms with Crippen molar-refractivity contribution in [2.45, 2.75) is 6.54 Å². The van der Waals surface area contributed by atoms with E-state index in [1.807, 2.05) is 6.07 Å². The average molecular weight is 270 g/mol. The van der Waals surface area contributed by atoms with Gasteiger partial charge in [-0.05, 0) is 29.8 Å². The maximum absolute atomic E-state index is 13.3. The van der Waals surface area contributed by atoms with Gasteiger partial charge in [0.2, 0.25) is 0 Å². The van der Waals surface area contributed by atoms with Crippen LogP contribution in [0.1, 0.15) is 5.56 Å². The van der Waals surface area contributed by atoms with Crippen LogP contribution in [0.15, 0.2) is 42.5 Å². The topological polar surface area (TPSA) is 12.0 Å². The van der Waals surface area contributed by atoms with Crippen molar-refractivity contribution in [3.8, 4) is 0 Å². The van der Waals surface area contributed by atoms with E-state index in [4.69, 9.17) is 23.2 Å². The predicted octanol–water partition coefficient (Wildman–Crippen LogP) is 4.74. The summed E-state index contributed by atoms with van der Waals surface area (Å²) in [6.45, 7) is 0.455. The number of nitrogens with one attached hydrogen (secondary N) is 1. The normalized spacial score (nSPS) is 10.3. The van der Waals surface area contributed by atoms with Crippen LogP contribution in [0.2, 0.25) is 10.0 Å². The van der Waals surface area contributed by atoms with Crippen molar-refractivity contribution in [1.29, 1.82) is 0 Å². The maximum Gasteiger partial charge on any atom is 0.146 e. The summed E-state index contributed by atoms with van der Waals surface area (Å²) in [7, 11) is 0. The van der Waals surface area contributed by atoms with Crippen LogP contribution >= 0.6 is 23.2 Å². The molecule has 0 saturated heterocycles. The predicted molar refractivity (Wildman–Crippen MR) is 70.2 cm³/mol. The maximum atomic E-state index is 13.3. The van der Waals surface area contributed by atoms with Crippen molar-refractivity contribution in [3.63, 3.8) is 0 Å². The fraction of sp³-hybridized carbons (Fsp3) is 0.0769. The van der Waals surface area contributed by atoms with Crippen LogP contribution < -0.4 is 5.32 Å². The number of hydrogen-bond donors (Lipinski definition) is 1. The molecule has 0 heterocycles. The molecule has 0 saturated carbocycles. The van der Waals surface area contributed by atoms with Crippen molar-refractivity contribution >= 4 is 28.9 Å². The summed E-state index contributed by atoms with van der Waals surface area (Å²) in [5, 5.41) is 4.15. The fourth-order valence-corrected chi connectivity index (χ4v) is 1.94. The summed E-state index contributed by atoms with van der Waals surface area (Å²) < 4.78 is 13.3. The third kappa shape index (κ3) is 3.11. The summed E-state index contributed by atoms with van der Waals surface area (Å²) >= 11 is 11.8. The smallest absolute Gasteiger partial charge is 0.146 e. The molecule has 1 nitrogen and oxygen atoms in total. The second kappa shape index (κ2) is 5.39. The molecule has 0 fully saturated rings. The van der Waals surface area contributed by atoms with E-state index in [-0.39, 0.29) is 5.82 Å². The Morgan fingerprint density at radius 1 is 1.06 bits per heavy atom. The Labute approximate surface area is 109 Å². The molecule has 0 aromatic heterocycles. The van der Waals surface area contributed by atoms with Gasteiger partial charge in [0.05, 0.1) is 5.69 Å². The molecule has 0 aliphatic rings. The standard InChI is InChI=1S/C13H10Cl2FN/c14-10-6-5-9(11(15)7-10)8-17-13-4-2-1-3-12(13)16/h1-7,17H,8H2. The van der Waals surface area contributed by atoms with Gasteiger partial charge in [-0.3, -0.25) is 0 Å². The van der Waals surface area contributed by atoms with E-state index in [0.717, 1.165) is 5.56 Å². The van der Waals surface area contributed by atoms with Crippen molar-refractivity contribution in [2.24, 2.45) is 0 Å². The van der Waals surface area contributed by atoms with Crippen molar-refractivity contribution in [2.75, 3.05) is 5.32 Å². The van der Waals surface area contributed by atoms with E-state index in [9.17, 15) is 4.39 Å². The van der Waals surface area contributed by atoms with E-state index >= 15 is 0 Å². The minimum Gasteiger partial charge on any atom is -0.379 e. The molecule has 2 rings (SSSR count). The van der Waals surface area contributed by atoms with Crippen molar-refractivity contribution in [1.82, 2.24) is 0 Å². The lowest BCUT2D eigenvalue weighted by molar-refractivity contribution is 0.630. The van der Waals surface area contributed by atoms with E-state index in [0.29, 0.717) is 22.3 Å². The Kier molecular flexibility index (Phi) is 3.87. The minimum absolute atomic E-state index is 0.280. The van der Waals surface area contributed by atoms with E-state index in [2.05, 4.69) is 5.32 Å². The van der Waals surface area contributed by atoms with E-state index in [1.54, 1.807) is 30.3 Å². The molecule has 0 bridgehead atoms. The molecular weight excluding hydrogens is 260 g/mol. The van der Waals surface area contributed by atoms with Crippen LogP contribution in [0.4, 0.5) is 10.1 Å². The number of anilines is 1. The average Bonchev–Trinajstić information content (AvgIpc) is 2.30. The van der Waals surface area contributed by atoms with Crippen LogP contribution in [0, 0.1) is 5.82 Å². The zero-order valence-corrected chi connectivity index (χ0v) is 10.4. The first kappa shape index (κ1) is 12.2. The fourth-order valence-electron chi connectivity index (χ4n) is 1.46. The van der Waals surface area contributed by atoms with Gasteiger partial charge in [0.25, 0.3) is 0 Å². The van der Waals surface area contributed by atoms with Gasteiger partial charge in [0.15, 0.2) is 0 Å². The van der Waals surface area contributed by atoms with Gasteiger partial charge in [-0.1, -0.05) is 41.4 Å². The molecule has 1 N–H and O–H groups in total. The Bertz CT molecular complexity index is 529. The Hall–Kier alpha value is -1.25. The van der Waals surface area contributed by atoms with E-state index < -0.39 is 0 Å². The van der Waals surface area contributed by atoms with Crippen LogP contribution in [0.25, 0.3) is 0 Å². The lowest BCUT2D eigenvalue weighted by atomic mass is 10.2. The Morgan fingerprint density at radius 3 is 2.53 bits per heavy atom. The van der Waals surface area contributed by atoms with Crippen LogP contribution in [-0.2, 0) is 6.54 Å². The Balaban J connectivity index is 2.10. The molecule has 17 heavy (non-hydrogen) atoms. The Morgan fingerprint density at radius 2 is 1.82 bits per heavy atom. The van der Waals surface area contributed by atoms with Crippen LogP contribution in [0.5, 0.6) is 0 Å². The third-order valence-corrected chi connectivity index (χ3v) is 2.95. The highest BCUT2D eigenvalue weighted by Crippen LogP contribution is 2.22. The summed E-state index contributed by atoms with van der Waals surface area (Å²) in [4.78, 5) is 0. The highest BCUT2D eigenvalue weighted by molar-refractivity contribution is 6.35. The van der Waals surface area contributed by atoms with Crippen molar-refractivity contribution < 1.29 is 4.39 Å². The van der Waals surface area contributed by atoms with Crippen molar-refractivity contribution in [3.05, 3.63) is 63.9 Å². The van der Waals surface area contributed by atoms with Gasteiger partial charge >= 0.3 is 0 Å². The first-order chi connectivity index (χ1) is 8.16. The quantitative estimate of drug-likeness (QED) is 0.849. The van der Waals surface area contributed by atoms with Gasteiger partial charge in [0.1, 0.15) is 5.82 Å². The molecule has 0 amide bonds. The molecule has 0 atom stereocenters. The molecule has 0 aliphatic carbocycles. The molecule has 2 aromatic carbocycles. The first-order valence-electron chi connectivity index (χ1n) is 5.09. The van der Waals surface area contributed by atoms with E-state index in [1.165, 1.54) is 6.07 Å². The van der Waals surface area contributed by atoms with Gasteiger partial charge in [0, 0.05) is 16.6 Å². The molecule has 88 valence electrons. The number of rotatable bonds is 3. The second-order valence-electron chi connectivity index (χ2n) is 3.57. The lowest BCUT2D eigenvalue weighted by Gasteiger charge is -2.09. The van der Waals surface area contributed by atoms with Crippen LogP contribution in [0.3, 0.4) is 0 Å². The number of halogens is 3. The molecule has 0 spiro atoms. The summed E-state index contributed by atoms with van der Waals surface area (Å²) in [5.41, 5.74) is 1.33. The summed E-state index contributed by atoms with van der Waals surface area (Å²) in [5.74, 6) is -0.280. The molecule has 0 radical (unpaired) electrons. The van der Waals surface area contributed by atoms with Crippen LogP contribution in [-0.4, -0.2) is 0 Å². The zero-order chi connectivity index (χ0) is 12.3.